The summed E-state index contributed by atoms with van der Waals surface area (Å²) < 4.78 is 6.68. The fourth-order valence-corrected chi connectivity index (χ4v) is 1.73. The summed E-state index contributed by atoms with van der Waals surface area (Å²) in [5, 5.41) is 0. The largest absolute Gasteiger partial charge is 0.456 e. The average molecular weight is 278 g/mol. The molecule has 0 heterocycles. The van der Waals surface area contributed by atoms with Crippen molar-refractivity contribution in [2.45, 2.75) is 6.92 Å². The van der Waals surface area contributed by atoms with Crippen molar-refractivity contribution in [3.63, 3.8) is 0 Å². The Bertz CT molecular complexity index is 511. The highest BCUT2D eigenvalue weighted by Crippen LogP contribution is 2.30. The Morgan fingerprint density at radius 3 is 2.56 bits per heavy atom. The van der Waals surface area contributed by atoms with Crippen LogP contribution in [0.4, 0.5) is 5.69 Å². The maximum absolute atomic E-state index is 5.75. The molecule has 2 rings (SSSR count). The molecule has 0 aliphatic heterocycles. The lowest BCUT2D eigenvalue weighted by molar-refractivity contribution is 0.479. The Labute approximate surface area is 103 Å². The van der Waals surface area contributed by atoms with Gasteiger partial charge < -0.3 is 10.5 Å². The number of hydrogen-bond acceptors (Lipinski definition) is 2. The molecule has 0 radical (unpaired) electrons. The van der Waals surface area contributed by atoms with Crippen molar-refractivity contribution in [1.82, 2.24) is 0 Å². The molecule has 0 amide bonds. The molecule has 0 aliphatic carbocycles. The van der Waals surface area contributed by atoms with E-state index in [2.05, 4.69) is 15.9 Å². The van der Waals surface area contributed by atoms with E-state index in [4.69, 9.17) is 10.5 Å². The van der Waals surface area contributed by atoms with Crippen molar-refractivity contribution in [2.24, 2.45) is 0 Å². The molecular weight excluding hydrogens is 266 g/mol. The van der Waals surface area contributed by atoms with Crippen molar-refractivity contribution < 1.29 is 4.74 Å². The second kappa shape index (κ2) is 4.58. The third kappa shape index (κ3) is 2.36. The summed E-state index contributed by atoms with van der Waals surface area (Å²) in [5.41, 5.74) is 7.54. The van der Waals surface area contributed by atoms with Crippen LogP contribution in [-0.4, -0.2) is 0 Å². The quantitative estimate of drug-likeness (QED) is 0.838. The lowest BCUT2D eigenvalue weighted by atomic mass is 10.2. The van der Waals surface area contributed by atoms with Crippen LogP contribution >= 0.6 is 15.9 Å². The zero-order valence-electron chi connectivity index (χ0n) is 8.91. The zero-order chi connectivity index (χ0) is 11.5. The van der Waals surface area contributed by atoms with Crippen LogP contribution in [0.5, 0.6) is 11.5 Å². The third-order valence-corrected chi connectivity index (χ3v) is 2.96. The summed E-state index contributed by atoms with van der Waals surface area (Å²) in [6.07, 6.45) is 0. The standard InChI is InChI=1S/C13H12BrNO/c1-9-8-10(6-7-12(9)15)16-13-5-3-2-4-11(13)14/h2-8H,15H2,1H3. The highest BCUT2D eigenvalue weighted by Gasteiger charge is 2.02. The van der Waals surface area contributed by atoms with Gasteiger partial charge in [0.2, 0.25) is 0 Å². The number of halogens is 1. The van der Waals surface area contributed by atoms with Gasteiger partial charge in [-0.25, -0.2) is 0 Å². The van der Waals surface area contributed by atoms with E-state index in [1.54, 1.807) is 0 Å². The number of benzene rings is 2. The van der Waals surface area contributed by atoms with Crippen molar-refractivity contribution in [3.05, 3.63) is 52.5 Å². The van der Waals surface area contributed by atoms with Crippen LogP contribution in [0, 0.1) is 6.92 Å². The molecule has 0 saturated carbocycles. The Morgan fingerprint density at radius 2 is 1.88 bits per heavy atom. The highest BCUT2D eigenvalue weighted by atomic mass is 79.9. The molecule has 0 aromatic heterocycles. The number of para-hydroxylation sites is 1. The third-order valence-electron chi connectivity index (χ3n) is 2.31. The molecule has 2 N–H and O–H groups in total. The number of anilines is 1. The van der Waals surface area contributed by atoms with Gasteiger partial charge in [0.25, 0.3) is 0 Å². The molecule has 0 spiro atoms. The fraction of sp³-hybridized carbons (Fsp3) is 0.0769. The fourth-order valence-electron chi connectivity index (χ4n) is 1.37. The SMILES string of the molecule is Cc1cc(Oc2ccccc2Br)ccc1N. The molecule has 0 unspecified atom stereocenters. The number of rotatable bonds is 2. The predicted molar refractivity (Wildman–Crippen MR) is 69.8 cm³/mol. The number of nitrogen functional groups attached to an aromatic ring is 1. The molecule has 2 nitrogen and oxygen atoms in total. The van der Waals surface area contributed by atoms with Gasteiger partial charge in [-0.2, -0.15) is 0 Å². The highest BCUT2D eigenvalue weighted by molar-refractivity contribution is 9.10. The summed E-state index contributed by atoms with van der Waals surface area (Å²) in [7, 11) is 0. The molecule has 0 bridgehead atoms. The van der Waals surface area contributed by atoms with Crippen LogP contribution in [0.1, 0.15) is 5.56 Å². The number of nitrogens with two attached hydrogens (primary N) is 1. The Morgan fingerprint density at radius 1 is 1.12 bits per heavy atom. The smallest absolute Gasteiger partial charge is 0.141 e. The van der Waals surface area contributed by atoms with E-state index in [-0.39, 0.29) is 0 Å². The van der Waals surface area contributed by atoms with Crippen molar-refractivity contribution in [3.8, 4) is 11.5 Å². The first-order valence-corrected chi connectivity index (χ1v) is 5.74. The second-order valence-electron chi connectivity index (χ2n) is 3.55. The lowest BCUT2D eigenvalue weighted by Gasteiger charge is -2.09. The summed E-state index contributed by atoms with van der Waals surface area (Å²) in [4.78, 5) is 0. The van der Waals surface area contributed by atoms with Gasteiger partial charge in [-0.05, 0) is 58.7 Å². The van der Waals surface area contributed by atoms with Crippen molar-refractivity contribution in [2.75, 3.05) is 5.73 Å². The van der Waals surface area contributed by atoms with E-state index in [9.17, 15) is 0 Å². The minimum atomic E-state index is 0.777. The van der Waals surface area contributed by atoms with Crippen molar-refractivity contribution >= 4 is 21.6 Å². The topological polar surface area (TPSA) is 35.2 Å². The van der Waals surface area contributed by atoms with Crippen LogP contribution in [0.3, 0.4) is 0 Å². The molecule has 2 aromatic carbocycles. The van der Waals surface area contributed by atoms with Crippen LogP contribution in [0.2, 0.25) is 0 Å². The van der Waals surface area contributed by atoms with Crippen LogP contribution in [0.15, 0.2) is 46.9 Å². The number of ether oxygens (including phenoxy) is 1. The minimum absolute atomic E-state index is 0.777. The first-order chi connectivity index (χ1) is 7.66. The molecule has 16 heavy (non-hydrogen) atoms. The van der Waals surface area contributed by atoms with E-state index in [0.717, 1.165) is 27.2 Å². The minimum Gasteiger partial charge on any atom is -0.456 e. The molecule has 0 saturated heterocycles. The molecular formula is C13H12BrNO. The van der Waals surface area contributed by atoms with E-state index in [0.29, 0.717) is 0 Å². The van der Waals surface area contributed by atoms with Gasteiger partial charge in [0, 0.05) is 5.69 Å². The van der Waals surface area contributed by atoms with Crippen LogP contribution in [0.25, 0.3) is 0 Å². The van der Waals surface area contributed by atoms with Crippen molar-refractivity contribution in [1.29, 1.82) is 0 Å². The van der Waals surface area contributed by atoms with E-state index >= 15 is 0 Å². The molecule has 82 valence electrons. The first-order valence-electron chi connectivity index (χ1n) is 4.95. The van der Waals surface area contributed by atoms with E-state index < -0.39 is 0 Å². The Hall–Kier alpha value is -1.48. The van der Waals surface area contributed by atoms with Gasteiger partial charge in [-0.3, -0.25) is 0 Å². The summed E-state index contributed by atoms with van der Waals surface area (Å²) >= 11 is 3.44. The predicted octanol–water partition coefficient (Wildman–Crippen LogP) is 4.13. The van der Waals surface area contributed by atoms with Gasteiger partial charge >= 0.3 is 0 Å². The second-order valence-corrected chi connectivity index (χ2v) is 4.41. The molecule has 0 atom stereocenters. The summed E-state index contributed by atoms with van der Waals surface area (Å²) in [6, 6.07) is 13.4. The molecule has 0 fully saturated rings. The maximum Gasteiger partial charge on any atom is 0.141 e. The molecule has 2 aromatic rings. The van der Waals surface area contributed by atoms with E-state index in [1.165, 1.54) is 0 Å². The summed E-state index contributed by atoms with van der Waals surface area (Å²) in [5.74, 6) is 1.59. The molecule has 0 aliphatic rings. The van der Waals surface area contributed by atoms with Gasteiger partial charge in [-0.15, -0.1) is 0 Å². The van der Waals surface area contributed by atoms with Gasteiger partial charge in [0.15, 0.2) is 0 Å². The van der Waals surface area contributed by atoms with Gasteiger partial charge in [-0.1, -0.05) is 12.1 Å². The first kappa shape index (κ1) is 11.0. The lowest BCUT2D eigenvalue weighted by Crippen LogP contribution is -1.91. The molecule has 3 heteroatoms. The summed E-state index contributed by atoms with van der Waals surface area (Å²) in [6.45, 7) is 1.96. The van der Waals surface area contributed by atoms with Gasteiger partial charge in [0.05, 0.1) is 4.47 Å². The maximum atomic E-state index is 5.75. The van der Waals surface area contributed by atoms with Crippen LogP contribution in [-0.2, 0) is 0 Å². The zero-order valence-corrected chi connectivity index (χ0v) is 10.5. The Balaban J connectivity index is 2.28. The average Bonchev–Trinajstić information content (AvgIpc) is 2.27. The van der Waals surface area contributed by atoms with Crippen LogP contribution < -0.4 is 10.5 Å². The number of aryl methyl sites for hydroxylation is 1. The normalized spacial score (nSPS) is 10.1. The number of hydrogen-bond donors (Lipinski definition) is 1. The monoisotopic (exact) mass is 277 g/mol. The van der Waals surface area contributed by atoms with Gasteiger partial charge in [0.1, 0.15) is 11.5 Å². The van der Waals surface area contributed by atoms with E-state index in [1.807, 2.05) is 49.4 Å². The Kier molecular flexibility index (Phi) is 3.15.